The van der Waals surface area contributed by atoms with Gasteiger partial charge in [0.15, 0.2) is 5.75 Å². The number of hydrogen-bond acceptors (Lipinski definition) is 2. The molecule has 1 aromatic heterocycles. The molecule has 0 unspecified atom stereocenters. The topological polar surface area (TPSA) is 33.1 Å². The Morgan fingerprint density at radius 1 is 1.43 bits per heavy atom. The van der Waals surface area contributed by atoms with Crippen LogP contribution >= 0.6 is 22.6 Å². The van der Waals surface area contributed by atoms with Gasteiger partial charge in [0, 0.05) is 11.6 Å². The average molecular weight is 344 g/mol. The van der Waals surface area contributed by atoms with Gasteiger partial charge in [-0.3, -0.25) is 4.98 Å². The maximum atomic E-state index is 13.3. The number of fused-ring (bicyclic) bond motifs is 1. The van der Waals surface area contributed by atoms with E-state index in [0.717, 1.165) is 0 Å². The monoisotopic (exact) mass is 344 g/mol. The molecule has 0 aliphatic carbocycles. The summed E-state index contributed by atoms with van der Waals surface area (Å²) in [4.78, 5) is 3.91. The van der Waals surface area contributed by atoms with Gasteiger partial charge in [0.05, 0.1) is 3.57 Å². The zero-order chi connectivity index (χ0) is 9.42. The van der Waals surface area contributed by atoms with Crippen molar-refractivity contribution in [3.63, 3.8) is 0 Å². The van der Waals surface area contributed by atoms with E-state index in [1.54, 1.807) is 12.1 Å². The Balaban J connectivity index is 0.000000980. The van der Waals surface area contributed by atoms with Crippen molar-refractivity contribution in [3.05, 3.63) is 33.8 Å². The minimum Gasteiger partial charge on any atom is -0.505 e. The number of aromatic nitrogens is 1. The van der Waals surface area contributed by atoms with Crippen LogP contribution in [0, 0.1) is 9.39 Å². The number of phenols is 1. The fourth-order valence-electron chi connectivity index (χ4n) is 1.16. The molecular weight excluding hydrogens is 339 g/mol. The van der Waals surface area contributed by atoms with Crippen LogP contribution in [0.5, 0.6) is 5.75 Å². The Labute approximate surface area is 104 Å². The zero-order valence-corrected chi connectivity index (χ0v) is 10.1. The van der Waals surface area contributed by atoms with Crippen molar-refractivity contribution in [2.24, 2.45) is 0 Å². The van der Waals surface area contributed by atoms with Gasteiger partial charge in [-0.05, 0) is 40.8 Å². The first-order valence-electron chi connectivity index (χ1n) is 3.62. The summed E-state index contributed by atoms with van der Waals surface area (Å²) < 4.78 is 13.7. The van der Waals surface area contributed by atoms with Gasteiger partial charge in [0.1, 0.15) is 11.3 Å². The molecule has 0 bridgehead atoms. The summed E-state index contributed by atoms with van der Waals surface area (Å²) >= 11 is 1.87. The van der Waals surface area contributed by atoms with Gasteiger partial charge in [-0.25, -0.2) is 4.39 Å². The summed E-state index contributed by atoms with van der Waals surface area (Å²) in [6.07, 6.45) is 1.53. The number of benzene rings is 1. The number of hydrogen-bond donors (Lipinski definition) is 1. The van der Waals surface area contributed by atoms with Gasteiger partial charge in [-0.1, -0.05) is 0 Å². The van der Waals surface area contributed by atoms with Gasteiger partial charge in [0.25, 0.3) is 0 Å². The summed E-state index contributed by atoms with van der Waals surface area (Å²) in [5.41, 5.74) is 0.312. The second-order valence-electron chi connectivity index (χ2n) is 2.59. The molecule has 0 saturated heterocycles. The van der Waals surface area contributed by atoms with E-state index >= 15 is 0 Å². The molecule has 2 nitrogen and oxygen atoms in total. The van der Waals surface area contributed by atoms with Crippen LogP contribution in [0.25, 0.3) is 10.9 Å². The first-order chi connectivity index (χ1) is 6.20. The predicted octanol–water partition coefficient (Wildman–Crippen LogP) is 2.68. The normalized spacial score (nSPS) is 9.86. The Morgan fingerprint density at radius 3 is 2.86 bits per heavy atom. The summed E-state index contributed by atoms with van der Waals surface area (Å²) in [5, 5.41) is 9.89. The molecule has 5 heteroatoms. The molecule has 72 valence electrons. The van der Waals surface area contributed by atoms with Crippen molar-refractivity contribution in [2.75, 3.05) is 0 Å². The third kappa shape index (κ3) is 1.85. The molecule has 14 heavy (non-hydrogen) atoms. The van der Waals surface area contributed by atoms with E-state index < -0.39 is 0 Å². The smallest absolute Gasteiger partial charge is 0.505 e. The number of rotatable bonds is 0. The van der Waals surface area contributed by atoms with Gasteiger partial charge in [-0.2, -0.15) is 0 Å². The number of nitrogens with zero attached hydrogens (tertiary/aromatic N) is 1. The largest absolute Gasteiger partial charge is 2.00 e. The SMILES string of the molecule is Oc1c(I)cc([18F])c2cccnc12.[Fe+2]. The quantitative estimate of drug-likeness (QED) is 0.589. The number of pyridine rings is 1. The van der Waals surface area contributed by atoms with Crippen LogP contribution in [0.4, 0.5) is 4.39 Å². The molecule has 0 saturated carbocycles. The maximum absolute atomic E-state index is 13.3. The Morgan fingerprint density at radius 2 is 2.14 bits per heavy atom. The summed E-state index contributed by atoms with van der Waals surface area (Å²) in [5.74, 6) is -0.317. The fraction of sp³-hybridized carbons (Fsp3) is 0. The fourth-order valence-corrected chi connectivity index (χ4v) is 1.69. The van der Waals surface area contributed by atoms with Crippen LogP contribution in [0.15, 0.2) is 24.4 Å². The first kappa shape index (κ1) is 11.7. The van der Waals surface area contributed by atoms with Crippen molar-refractivity contribution in [1.82, 2.24) is 4.98 Å². The molecular formula is C9H5FFeINO+2. The summed E-state index contributed by atoms with van der Waals surface area (Å²) in [7, 11) is 0. The van der Waals surface area contributed by atoms with Crippen molar-refractivity contribution in [2.45, 2.75) is 0 Å². The molecule has 0 aliphatic heterocycles. The minimum absolute atomic E-state index is 0. The van der Waals surface area contributed by atoms with E-state index in [2.05, 4.69) is 4.98 Å². The van der Waals surface area contributed by atoms with E-state index in [4.69, 9.17) is 0 Å². The van der Waals surface area contributed by atoms with Crippen LogP contribution in [0.1, 0.15) is 0 Å². The van der Waals surface area contributed by atoms with E-state index in [0.29, 0.717) is 14.5 Å². The Hall–Kier alpha value is -0.391. The van der Waals surface area contributed by atoms with Crippen molar-refractivity contribution >= 4 is 33.5 Å². The second kappa shape index (κ2) is 4.42. The third-order valence-electron chi connectivity index (χ3n) is 1.77. The van der Waals surface area contributed by atoms with Gasteiger partial charge in [0.2, 0.25) is 0 Å². The van der Waals surface area contributed by atoms with Crippen LogP contribution in [0.3, 0.4) is 0 Å². The molecule has 0 atom stereocenters. The van der Waals surface area contributed by atoms with E-state index in [1.165, 1.54) is 12.3 Å². The molecule has 2 rings (SSSR count). The van der Waals surface area contributed by atoms with Crippen molar-refractivity contribution < 1.29 is 26.6 Å². The molecule has 1 heterocycles. The van der Waals surface area contributed by atoms with Crippen molar-refractivity contribution in [3.8, 4) is 5.75 Å². The third-order valence-corrected chi connectivity index (χ3v) is 2.59. The predicted molar refractivity (Wildman–Crippen MR) is 56.1 cm³/mol. The van der Waals surface area contributed by atoms with Gasteiger partial charge >= 0.3 is 17.1 Å². The summed E-state index contributed by atoms with van der Waals surface area (Å²) in [6, 6.07) is 4.52. The van der Waals surface area contributed by atoms with Gasteiger partial charge < -0.3 is 5.11 Å². The maximum Gasteiger partial charge on any atom is 2.00 e. The zero-order valence-electron chi connectivity index (χ0n) is 6.81. The van der Waals surface area contributed by atoms with Crippen molar-refractivity contribution in [1.29, 1.82) is 0 Å². The molecule has 0 radical (unpaired) electrons. The van der Waals surface area contributed by atoms with E-state index in [1.807, 2.05) is 22.6 Å². The molecule has 1 N–H and O–H groups in total. The van der Waals surface area contributed by atoms with Gasteiger partial charge in [-0.15, -0.1) is 0 Å². The van der Waals surface area contributed by atoms with E-state index in [-0.39, 0.29) is 28.6 Å². The number of phenolic OH excluding ortho intramolecular Hbond substituents is 1. The molecule has 0 fully saturated rings. The molecule has 0 spiro atoms. The number of halogens is 2. The molecule has 1 aromatic carbocycles. The van der Waals surface area contributed by atoms with Crippen LogP contribution in [-0.4, -0.2) is 10.1 Å². The first-order valence-corrected chi connectivity index (χ1v) is 4.69. The summed E-state index contributed by atoms with van der Waals surface area (Å²) in [6.45, 7) is 0. The number of aromatic hydroxyl groups is 1. The van der Waals surface area contributed by atoms with Crippen LogP contribution in [0.2, 0.25) is 0 Å². The van der Waals surface area contributed by atoms with E-state index in [9.17, 15) is 9.50 Å². The average Bonchev–Trinajstić information content (AvgIpc) is 2.15. The standard InChI is InChI=1S/C9H5FINO.Fe/c10-6-4-7(11)9(13)8-5(6)2-1-3-12-8;/h1-4,13H;/q;+2/i10-1;. The van der Waals surface area contributed by atoms with Crippen LogP contribution < -0.4 is 0 Å². The minimum atomic E-state index is -0.356. The molecule has 0 amide bonds. The van der Waals surface area contributed by atoms with Crippen LogP contribution in [-0.2, 0) is 17.1 Å². The molecule has 0 aliphatic rings. The second-order valence-corrected chi connectivity index (χ2v) is 3.75. The Bertz CT molecular complexity index is 478. The molecule has 2 aromatic rings. The Kier molecular flexibility index (Phi) is 3.69.